The Labute approximate surface area is 422 Å². The first-order valence-corrected chi connectivity index (χ1v) is 24.9. The Morgan fingerprint density at radius 3 is 1.86 bits per heavy atom. The van der Waals surface area contributed by atoms with E-state index >= 15 is 0 Å². The van der Waals surface area contributed by atoms with Gasteiger partial charge in [-0.05, 0) is 55.7 Å². The van der Waals surface area contributed by atoms with Crippen molar-refractivity contribution in [2.75, 3.05) is 41.3 Å². The van der Waals surface area contributed by atoms with Crippen molar-refractivity contribution in [2.24, 2.45) is 5.73 Å². The quantitative estimate of drug-likeness (QED) is 0.0370. The summed E-state index contributed by atoms with van der Waals surface area (Å²) in [6.45, 7) is 3.32. The number of amides is 8. The summed E-state index contributed by atoms with van der Waals surface area (Å²) < 4.78 is 0. The standard InChI is InChI=1S/C51H77N9O12/c1-8-9-10-11-12-13-14-15-16-17-18-19-20-21-41(64)59(6)38(30-61)48(69)57-45(52)50(71)53-29-42(65)60(7)43-34-23-25-40(63)36(28-34)35-26-33(22-24-39(35)62)27-37(56-46(67)32(3)55-49(43)70)47(68)54-31(2)44(66)51(72)58(4)5/h22-26,28,31-32,37-38,43,45,61-63H,8-21,27,29-30,52H2,1-7H3,(H,53,71)(H,54,68)(H,55,70)(H,56,67)(H,57,69)/t31-,32+,37+,38-,43+,45+/m1/s1. The highest BCUT2D eigenvalue weighted by Gasteiger charge is 2.35. The molecule has 21 nitrogen and oxygen atoms in total. The molecule has 398 valence electrons. The molecule has 72 heavy (non-hydrogen) atoms. The van der Waals surface area contributed by atoms with Gasteiger partial charge in [-0.2, -0.15) is 0 Å². The summed E-state index contributed by atoms with van der Waals surface area (Å²) >= 11 is 0. The minimum Gasteiger partial charge on any atom is -0.507 e. The number of fused-ring (bicyclic) bond motifs is 5. The van der Waals surface area contributed by atoms with Gasteiger partial charge in [0.25, 0.3) is 11.8 Å². The number of aliphatic hydroxyl groups is 1. The number of carbonyl (C=O) groups excluding carboxylic acids is 9. The Balaban J connectivity index is 1.68. The van der Waals surface area contributed by atoms with Crippen LogP contribution < -0.4 is 32.3 Å². The van der Waals surface area contributed by atoms with Crippen molar-refractivity contribution in [1.29, 1.82) is 0 Å². The van der Waals surface area contributed by atoms with Crippen molar-refractivity contribution in [3.63, 3.8) is 0 Å². The number of nitrogens with zero attached hydrogens (tertiary/aromatic N) is 3. The topological polar surface area (TPSA) is 310 Å². The van der Waals surface area contributed by atoms with Crippen molar-refractivity contribution < 1.29 is 58.5 Å². The fourth-order valence-corrected chi connectivity index (χ4v) is 8.18. The molecule has 0 saturated heterocycles. The predicted octanol–water partition coefficient (Wildman–Crippen LogP) is 1.79. The molecular weight excluding hydrogens is 931 g/mol. The lowest BCUT2D eigenvalue weighted by atomic mass is 9.93. The van der Waals surface area contributed by atoms with E-state index in [2.05, 4.69) is 33.5 Å². The molecule has 2 aromatic rings. The van der Waals surface area contributed by atoms with Crippen LogP contribution in [0.1, 0.15) is 128 Å². The number of phenolic OH excluding ortho intramolecular Hbond substituents is 2. The van der Waals surface area contributed by atoms with E-state index in [9.17, 15) is 58.5 Å². The van der Waals surface area contributed by atoms with Crippen LogP contribution in [0.4, 0.5) is 0 Å². The molecule has 3 rings (SSSR count). The van der Waals surface area contributed by atoms with Gasteiger partial charge in [-0.15, -0.1) is 0 Å². The number of nitrogens with two attached hydrogens (primary N) is 1. The molecule has 2 aromatic carbocycles. The lowest BCUT2D eigenvalue weighted by Gasteiger charge is -2.30. The molecule has 21 heteroatoms. The molecule has 8 amide bonds. The third kappa shape index (κ3) is 17.9. The fraction of sp³-hybridized carbons (Fsp3) is 0.588. The van der Waals surface area contributed by atoms with Crippen LogP contribution in [0.25, 0.3) is 11.1 Å². The Bertz CT molecular complexity index is 2220. The molecule has 0 unspecified atom stereocenters. The van der Waals surface area contributed by atoms with E-state index in [1.807, 2.05) is 0 Å². The second kappa shape index (κ2) is 29.7. The van der Waals surface area contributed by atoms with Gasteiger partial charge in [-0.1, -0.05) is 96.1 Å². The van der Waals surface area contributed by atoms with Crippen LogP contribution >= 0.6 is 0 Å². The van der Waals surface area contributed by atoms with Gasteiger partial charge in [0.15, 0.2) is 6.17 Å². The number of Topliss-reactive ketones (excluding diaryl/α,β-unsaturated/α-hetero) is 1. The number of rotatable bonds is 26. The van der Waals surface area contributed by atoms with Gasteiger partial charge in [0.2, 0.25) is 41.2 Å². The number of aromatic hydroxyl groups is 2. The molecule has 0 aliphatic carbocycles. The maximum Gasteiger partial charge on any atom is 0.291 e. The number of ketones is 1. The summed E-state index contributed by atoms with van der Waals surface area (Å²) in [6.07, 6.45) is 13.1. The van der Waals surface area contributed by atoms with Crippen molar-refractivity contribution in [1.82, 2.24) is 41.3 Å². The summed E-state index contributed by atoms with van der Waals surface area (Å²) in [7, 11) is 5.35. The van der Waals surface area contributed by atoms with Gasteiger partial charge in [-0.25, -0.2) is 0 Å². The highest BCUT2D eigenvalue weighted by Crippen LogP contribution is 2.38. The van der Waals surface area contributed by atoms with Crippen LogP contribution in [0, 0.1) is 0 Å². The fourth-order valence-electron chi connectivity index (χ4n) is 8.18. The zero-order valence-corrected chi connectivity index (χ0v) is 42.9. The highest BCUT2D eigenvalue weighted by molar-refractivity contribution is 6.38. The summed E-state index contributed by atoms with van der Waals surface area (Å²) in [4.78, 5) is 123. The van der Waals surface area contributed by atoms with E-state index in [0.29, 0.717) is 12.0 Å². The molecule has 0 saturated carbocycles. The van der Waals surface area contributed by atoms with E-state index in [1.54, 1.807) is 0 Å². The number of unbranched alkanes of at least 4 members (excludes halogenated alkanes) is 12. The van der Waals surface area contributed by atoms with Crippen LogP contribution in [0.5, 0.6) is 11.5 Å². The third-order valence-corrected chi connectivity index (χ3v) is 12.7. The van der Waals surface area contributed by atoms with Gasteiger partial charge in [-0.3, -0.25) is 43.2 Å². The minimum atomic E-state index is -1.73. The SMILES string of the molecule is CCCCCCCCCCCCCCCC(=O)N(C)[C@H](CO)C(=O)N[C@H](N)C(=O)NCC(=O)N(C)[C@@H]1C(=O)N[C@@H](C)C(=O)N[C@H](C(=O)N[C@H](C)C(=O)C(=O)N(C)C)Cc2ccc(O)c(c2)-c2cc1ccc2O. The van der Waals surface area contributed by atoms with Crippen LogP contribution in [0.15, 0.2) is 36.4 Å². The van der Waals surface area contributed by atoms with Crippen LogP contribution in [0.2, 0.25) is 0 Å². The molecule has 10 N–H and O–H groups in total. The van der Waals surface area contributed by atoms with Gasteiger partial charge >= 0.3 is 0 Å². The number of benzene rings is 2. The lowest BCUT2D eigenvalue weighted by Crippen LogP contribution is -2.59. The Hall–Kier alpha value is -6.61. The van der Waals surface area contributed by atoms with Gasteiger partial charge in [0.05, 0.1) is 19.2 Å². The van der Waals surface area contributed by atoms with Crippen molar-refractivity contribution in [3.8, 4) is 22.6 Å². The molecule has 1 aliphatic rings. The van der Waals surface area contributed by atoms with Gasteiger partial charge in [0, 0.05) is 52.2 Å². The lowest BCUT2D eigenvalue weighted by molar-refractivity contribution is -0.144. The minimum absolute atomic E-state index is 0.0187. The average Bonchev–Trinajstić information content (AvgIpc) is 3.34. The number of likely N-dealkylation sites (N-methyl/N-ethyl adjacent to an activating group) is 3. The van der Waals surface area contributed by atoms with Crippen LogP contribution in [-0.2, 0) is 49.6 Å². The molecule has 0 radical (unpaired) electrons. The Morgan fingerprint density at radius 2 is 1.29 bits per heavy atom. The van der Waals surface area contributed by atoms with E-state index in [0.717, 1.165) is 40.4 Å². The first-order valence-electron chi connectivity index (χ1n) is 24.9. The molecule has 0 fully saturated rings. The van der Waals surface area contributed by atoms with E-state index in [4.69, 9.17) is 5.73 Å². The van der Waals surface area contributed by atoms with Gasteiger partial charge < -0.3 is 62.3 Å². The van der Waals surface area contributed by atoms with E-state index in [1.165, 1.54) is 130 Å². The monoisotopic (exact) mass is 1010 g/mol. The number of aliphatic hydroxyl groups excluding tert-OH is 1. The zero-order valence-electron chi connectivity index (χ0n) is 42.9. The van der Waals surface area contributed by atoms with Gasteiger partial charge in [0.1, 0.15) is 35.7 Å². The first-order chi connectivity index (χ1) is 34.1. The van der Waals surface area contributed by atoms with Crippen LogP contribution in [-0.4, -0.2) is 155 Å². The molecule has 0 spiro atoms. The van der Waals surface area contributed by atoms with E-state index in [-0.39, 0.29) is 46.9 Å². The van der Waals surface area contributed by atoms with E-state index < -0.39 is 96.7 Å². The summed E-state index contributed by atoms with van der Waals surface area (Å²) in [5.74, 6) is -8.21. The average molecular weight is 1010 g/mol. The summed E-state index contributed by atoms with van der Waals surface area (Å²) in [5, 5.41) is 44.2. The molecular formula is C51H77N9O12. The normalized spacial score (nSPS) is 16.9. The number of nitrogens with one attached hydrogen (secondary N) is 5. The smallest absolute Gasteiger partial charge is 0.291 e. The molecule has 1 aliphatic heterocycles. The third-order valence-electron chi connectivity index (χ3n) is 12.7. The number of hydrogen-bond acceptors (Lipinski definition) is 13. The summed E-state index contributed by atoms with van der Waals surface area (Å²) in [5.41, 5.74) is 6.53. The predicted molar refractivity (Wildman–Crippen MR) is 268 cm³/mol. The molecule has 6 atom stereocenters. The molecule has 4 bridgehead atoms. The molecule has 1 heterocycles. The molecule has 0 aromatic heterocycles. The van der Waals surface area contributed by atoms with Crippen molar-refractivity contribution in [2.45, 2.75) is 153 Å². The Morgan fingerprint density at radius 1 is 0.736 bits per heavy atom. The van der Waals surface area contributed by atoms with Crippen molar-refractivity contribution >= 4 is 53.0 Å². The number of carbonyl (C=O) groups is 9. The number of hydrogen-bond donors (Lipinski definition) is 9. The highest BCUT2D eigenvalue weighted by atomic mass is 16.3. The maximum atomic E-state index is 14.2. The second-order valence-corrected chi connectivity index (χ2v) is 18.7. The second-order valence-electron chi connectivity index (χ2n) is 18.7. The van der Waals surface area contributed by atoms with Crippen molar-refractivity contribution in [3.05, 3.63) is 47.5 Å². The largest absolute Gasteiger partial charge is 0.507 e. The maximum absolute atomic E-state index is 14.2. The number of phenols is 2. The summed E-state index contributed by atoms with van der Waals surface area (Å²) in [6, 6.07) is 1.20. The zero-order chi connectivity index (χ0) is 53.7. The first kappa shape index (κ1) is 59.7. The van der Waals surface area contributed by atoms with Crippen LogP contribution in [0.3, 0.4) is 0 Å². The Kier molecular flexibility index (Phi) is 24.6.